The maximum Gasteiger partial charge on any atom is 0.0290 e. The molecule has 96 valence electrons. The van der Waals surface area contributed by atoms with E-state index >= 15 is 0 Å². The molecule has 0 aliphatic carbocycles. The average Bonchev–Trinajstić information content (AvgIpc) is 2.26. The lowest BCUT2D eigenvalue weighted by molar-refractivity contribution is 0.582. The molecule has 0 heterocycles. The third-order valence-electron chi connectivity index (χ3n) is 3.10. The summed E-state index contributed by atoms with van der Waals surface area (Å²) in [6, 6.07) is 4.55. The molecule has 0 fully saturated rings. The number of aryl methyl sites for hydroxylation is 3. The molecule has 1 aromatic rings. The molecule has 0 aliphatic heterocycles. The summed E-state index contributed by atoms with van der Waals surface area (Å²) >= 11 is 0. The molecule has 0 aromatic heterocycles. The highest BCUT2D eigenvalue weighted by molar-refractivity contribution is 5.37. The molecule has 1 aromatic carbocycles. The Hall–Kier alpha value is -0.900. The van der Waals surface area contributed by atoms with Gasteiger partial charge in [0, 0.05) is 19.1 Å². The normalized spacial score (nSPS) is 12.8. The Bertz CT molecular complexity index is 337. The number of nitrogens with one attached hydrogen (secondary N) is 1. The molecule has 3 heteroatoms. The first kappa shape index (κ1) is 14.2. The lowest BCUT2D eigenvalue weighted by Gasteiger charge is -2.13. The molecule has 1 rings (SSSR count). The van der Waals surface area contributed by atoms with Gasteiger partial charge in [-0.05, 0) is 50.4 Å². The maximum atomic E-state index is 5.74. The molecule has 17 heavy (non-hydrogen) atoms. The average molecular weight is 235 g/mol. The van der Waals surface area contributed by atoms with Gasteiger partial charge in [0.05, 0.1) is 0 Å². The molecule has 1 unspecified atom stereocenters. The van der Waals surface area contributed by atoms with Crippen LogP contribution in [-0.4, -0.2) is 25.7 Å². The first-order valence-corrected chi connectivity index (χ1v) is 6.27. The summed E-state index contributed by atoms with van der Waals surface area (Å²) in [5.74, 6) is 0. The van der Waals surface area contributed by atoms with Gasteiger partial charge < -0.3 is 16.8 Å². The van der Waals surface area contributed by atoms with Crippen LogP contribution in [0.1, 0.15) is 22.3 Å². The van der Waals surface area contributed by atoms with Gasteiger partial charge in [0.15, 0.2) is 0 Å². The lowest BCUT2D eigenvalue weighted by Crippen LogP contribution is -2.40. The van der Waals surface area contributed by atoms with E-state index in [-0.39, 0.29) is 6.04 Å². The SMILES string of the molecule is Cc1cc(C)c(CCNCC(N)CN)c(C)c1. The summed E-state index contributed by atoms with van der Waals surface area (Å²) < 4.78 is 0. The second-order valence-corrected chi connectivity index (χ2v) is 4.83. The maximum absolute atomic E-state index is 5.74. The van der Waals surface area contributed by atoms with Crippen LogP contribution in [0, 0.1) is 20.8 Å². The standard InChI is InChI=1S/C14H25N3/c1-10-6-11(2)14(12(3)7-10)4-5-17-9-13(16)8-15/h6-7,13,17H,4-5,8-9,15-16H2,1-3H3. The van der Waals surface area contributed by atoms with Gasteiger partial charge in [0.25, 0.3) is 0 Å². The Morgan fingerprint density at radius 3 is 2.29 bits per heavy atom. The van der Waals surface area contributed by atoms with Crippen molar-refractivity contribution in [2.45, 2.75) is 33.2 Å². The van der Waals surface area contributed by atoms with Crippen molar-refractivity contribution in [3.05, 3.63) is 34.4 Å². The largest absolute Gasteiger partial charge is 0.329 e. The van der Waals surface area contributed by atoms with Gasteiger partial charge in [-0.25, -0.2) is 0 Å². The second-order valence-electron chi connectivity index (χ2n) is 4.83. The van der Waals surface area contributed by atoms with Crippen molar-refractivity contribution in [1.82, 2.24) is 5.32 Å². The molecule has 3 nitrogen and oxygen atoms in total. The summed E-state index contributed by atoms with van der Waals surface area (Å²) in [6.07, 6.45) is 1.05. The third-order valence-corrected chi connectivity index (χ3v) is 3.10. The molecule has 0 spiro atoms. The summed E-state index contributed by atoms with van der Waals surface area (Å²) in [4.78, 5) is 0. The van der Waals surface area contributed by atoms with E-state index in [0.717, 1.165) is 19.5 Å². The van der Waals surface area contributed by atoms with Crippen molar-refractivity contribution in [2.24, 2.45) is 11.5 Å². The van der Waals surface area contributed by atoms with Crippen molar-refractivity contribution < 1.29 is 0 Å². The van der Waals surface area contributed by atoms with E-state index in [0.29, 0.717) is 6.54 Å². The highest BCUT2D eigenvalue weighted by atomic mass is 14.9. The predicted molar refractivity (Wildman–Crippen MR) is 74.3 cm³/mol. The molecule has 0 saturated carbocycles. The Kier molecular flexibility index (Phi) is 5.62. The third kappa shape index (κ3) is 4.46. The van der Waals surface area contributed by atoms with Gasteiger partial charge in [0.1, 0.15) is 0 Å². The van der Waals surface area contributed by atoms with Crippen molar-refractivity contribution in [3.8, 4) is 0 Å². The summed E-state index contributed by atoms with van der Waals surface area (Å²) in [5, 5.41) is 3.35. The van der Waals surface area contributed by atoms with E-state index in [4.69, 9.17) is 11.5 Å². The highest BCUT2D eigenvalue weighted by Gasteiger charge is 2.04. The van der Waals surface area contributed by atoms with Crippen LogP contribution in [0.15, 0.2) is 12.1 Å². The molecule has 0 saturated heterocycles. The first-order chi connectivity index (χ1) is 8.04. The van der Waals surface area contributed by atoms with Crippen LogP contribution < -0.4 is 16.8 Å². The Balaban J connectivity index is 2.47. The summed E-state index contributed by atoms with van der Waals surface area (Å²) in [5.41, 5.74) is 16.8. The van der Waals surface area contributed by atoms with E-state index < -0.39 is 0 Å². The number of hydrogen-bond donors (Lipinski definition) is 3. The summed E-state index contributed by atoms with van der Waals surface area (Å²) in [7, 11) is 0. The van der Waals surface area contributed by atoms with Crippen molar-refractivity contribution >= 4 is 0 Å². The molecule has 0 aliphatic rings. The van der Waals surface area contributed by atoms with E-state index in [1.54, 1.807) is 0 Å². The Morgan fingerprint density at radius 2 is 1.76 bits per heavy atom. The van der Waals surface area contributed by atoms with E-state index in [9.17, 15) is 0 Å². The van der Waals surface area contributed by atoms with Crippen LogP contribution in [-0.2, 0) is 6.42 Å². The lowest BCUT2D eigenvalue weighted by atomic mass is 9.97. The van der Waals surface area contributed by atoms with Gasteiger partial charge in [-0.15, -0.1) is 0 Å². The van der Waals surface area contributed by atoms with Crippen LogP contribution in [0.3, 0.4) is 0 Å². The van der Waals surface area contributed by atoms with E-state index in [1.807, 2.05) is 0 Å². The van der Waals surface area contributed by atoms with Crippen molar-refractivity contribution in [1.29, 1.82) is 0 Å². The van der Waals surface area contributed by atoms with Gasteiger partial charge in [-0.3, -0.25) is 0 Å². The van der Waals surface area contributed by atoms with Crippen molar-refractivity contribution in [2.75, 3.05) is 19.6 Å². The van der Waals surface area contributed by atoms with Crippen LogP contribution in [0.5, 0.6) is 0 Å². The topological polar surface area (TPSA) is 64.1 Å². The highest BCUT2D eigenvalue weighted by Crippen LogP contribution is 2.16. The van der Waals surface area contributed by atoms with Gasteiger partial charge in [0.2, 0.25) is 0 Å². The zero-order chi connectivity index (χ0) is 12.8. The van der Waals surface area contributed by atoms with Crippen molar-refractivity contribution in [3.63, 3.8) is 0 Å². The summed E-state index contributed by atoms with van der Waals surface area (Å²) in [6.45, 7) is 8.79. The number of benzene rings is 1. The van der Waals surface area contributed by atoms with Gasteiger partial charge >= 0.3 is 0 Å². The second kappa shape index (κ2) is 6.74. The first-order valence-electron chi connectivity index (χ1n) is 6.27. The zero-order valence-electron chi connectivity index (χ0n) is 11.2. The van der Waals surface area contributed by atoms with Crippen LogP contribution >= 0.6 is 0 Å². The minimum atomic E-state index is 0.0650. The quantitative estimate of drug-likeness (QED) is 0.645. The predicted octanol–water partition coefficient (Wildman–Crippen LogP) is 1.03. The molecule has 1 atom stereocenters. The minimum Gasteiger partial charge on any atom is -0.329 e. The zero-order valence-corrected chi connectivity index (χ0v) is 11.2. The molecule has 5 N–H and O–H groups in total. The van der Waals surface area contributed by atoms with Gasteiger partial charge in [-0.1, -0.05) is 17.7 Å². The molecular weight excluding hydrogens is 210 g/mol. The monoisotopic (exact) mass is 235 g/mol. The number of nitrogens with two attached hydrogens (primary N) is 2. The number of hydrogen-bond acceptors (Lipinski definition) is 3. The van der Waals surface area contributed by atoms with E-state index in [2.05, 4.69) is 38.2 Å². The molecule has 0 bridgehead atoms. The van der Waals surface area contributed by atoms with E-state index in [1.165, 1.54) is 22.3 Å². The molecular formula is C14H25N3. The minimum absolute atomic E-state index is 0.0650. The fourth-order valence-electron chi connectivity index (χ4n) is 2.19. The van der Waals surface area contributed by atoms with Gasteiger partial charge in [-0.2, -0.15) is 0 Å². The van der Waals surface area contributed by atoms with Crippen LogP contribution in [0.2, 0.25) is 0 Å². The number of rotatable bonds is 6. The van der Waals surface area contributed by atoms with Crippen LogP contribution in [0.25, 0.3) is 0 Å². The fraction of sp³-hybridized carbons (Fsp3) is 0.571. The smallest absolute Gasteiger partial charge is 0.0290 e. The molecule has 0 amide bonds. The van der Waals surface area contributed by atoms with Crippen LogP contribution in [0.4, 0.5) is 0 Å². The Morgan fingerprint density at radius 1 is 1.18 bits per heavy atom. The fourth-order valence-corrected chi connectivity index (χ4v) is 2.19. The molecule has 0 radical (unpaired) electrons. The Labute approximate surface area is 105 Å².